The second-order valence-corrected chi connectivity index (χ2v) is 5.28. The molecule has 104 valence electrons. The first-order valence-electron chi connectivity index (χ1n) is 6.90. The van der Waals surface area contributed by atoms with Crippen molar-refractivity contribution in [2.75, 3.05) is 7.05 Å². The molecule has 0 heterocycles. The second kappa shape index (κ2) is 5.33. The van der Waals surface area contributed by atoms with Crippen LogP contribution in [0.5, 0.6) is 0 Å². The summed E-state index contributed by atoms with van der Waals surface area (Å²) in [6.07, 6.45) is 2.00. The van der Waals surface area contributed by atoms with Gasteiger partial charge < -0.3 is 5.32 Å². The molecular weight excluding hydrogens is 256 g/mol. The van der Waals surface area contributed by atoms with Crippen molar-refractivity contribution >= 4 is 0 Å². The van der Waals surface area contributed by atoms with E-state index in [1.165, 1.54) is 17.2 Å². The Hall–Kier alpha value is -1.74. The quantitative estimate of drug-likeness (QED) is 0.892. The molecule has 2 aromatic carbocycles. The van der Waals surface area contributed by atoms with Crippen LogP contribution in [-0.2, 0) is 6.42 Å². The van der Waals surface area contributed by atoms with Crippen molar-refractivity contribution in [2.24, 2.45) is 0 Å². The van der Waals surface area contributed by atoms with Crippen LogP contribution in [0.4, 0.5) is 8.78 Å². The van der Waals surface area contributed by atoms with E-state index in [9.17, 15) is 8.78 Å². The largest absolute Gasteiger partial charge is 0.312 e. The summed E-state index contributed by atoms with van der Waals surface area (Å²) in [6.45, 7) is 0. The van der Waals surface area contributed by atoms with E-state index in [1.54, 1.807) is 6.07 Å². The van der Waals surface area contributed by atoms with E-state index >= 15 is 0 Å². The van der Waals surface area contributed by atoms with Crippen molar-refractivity contribution < 1.29 is 8.78 Å². The normalized spacial score (nSPS) is 18.9. The van der Waals surface area contributed by atoms with Crippen molar-refractivity contribution in [3.63, 3.8) is 0 Å². The van der Waals surface area contributed by atoms with E-state index in [2.05, 4.69) is 17.4 Å². The molecule has 0 aromatic heterocycles. The minimum absolute atomic E-state index is 0.126. The molecule has 1 aliphatic carbocycles. The minimum atomic E-state index is -0.534. The summed E-state index contributed by atoms with van der Waals surface area (Å²) in [5.41, 5.74) is 3.14. The third kappa shape index (κ3) is 2.22. The van der Waals surface area contributed by atoms with Crippen LogP contribution in [0.3, 0.4) is 0 Å². The fraction of sp³-hybridized carbons (Fsp3) is 0.294. The molecule has 2 aromatic rings. The average molecular weight is 273 g/mol. The molecule has 0 bridgehead atoms. The van der Waals surface area contributed by atoms with Gasteiger partial charge in [0, 0.05) is 23.6 Å². The Bertz CT molecular complexity index is 624. The SMILES string of the molecule is CNC(c1ccc(F)cc1F)C1CCc2ccccc21. The predicted molar refractivity (Wildman–Crippen MR) is 75.7 cm³/mol. The van der Waals surface area contributed by atoms with Crippen molar-refractivity contribution in [3.05, 3.63) is 70.8 Å². The van der Waals surface area contributed by atoms with Crippen LogP contribution in [0.15, 0.2) is 42.5 Å². The molecule has 2 atom stereocenters. The topological polar surface area (TPSA) is 12.0 Å². The molecular formula is C17H17F2N. The van der Waals surface area contributed by atoms with E-state index in [0.29, 0.717) is 5.56 Å². The van der Waals surface area contributed by atoms with Gasteiger partial charge in [-0.25, -0.2) is 8.78 Å². The Labute approximate surface area is 117 Å². The minimum Gasteiger partial charge on any atom is -0.312 e. The Morgan fingerprint density at radius 2 is 1.95 bits per heavy atom. The van der Waals surface area contributed by atoms with Crippen molar-refractivity contribution in [2.45, 2.75) is 24.8 Å². The van der Waals surface area contributed by atoms with E-state index < -0.39 is 11.6 Å². The molecule has 3 heteroatoms. The van der Waals surface area contributed by atoms with Crippen LogP contribution in [-0.4, -0.2) is 7.05 Å². The summed E-state index contributed by atoms with van der Waals surface area (Å²) in [4.78, 5) is 0. The average Bonchev–Trinajstić information content (AvgIpc) is 2.86. The number of fused-ring (bicyclic) bond motifs is 1. The van der Waals surface area contributed by atoms with E-state index in [0.717, 1.165) is 18.9 Å². The number of benzene rings is 2. The van der Waals surface area contributed by atoms with Gasteiger partial charge in [-0.15, -0.1) is 0 Å². The summed E-state index contributed by atoms with van der Waals surface area (Å²) in [6, 6.07) is 12.0. The summed E-state index contributed by atoms with van der Waals surface area (Å²) in [5.74, 6) is -0.780. The fourth-order valence-electron chi connectivity index (χ4n) is 3.26. The summed E-state index contributed by atoms with van der Waals surface area (Å²) < 4.78 is 27.1. The Balaban J connectivity index is 1.99. The molecule has 1 aliphatic rings. The van der Waals surface area contributed by atoms with Crippen LogP contribution < -0.4 is 5.32 Å². The van der Waals surface area contributed by atoms with Gasteiger partial charge in [0.2, 0.25) is 0 Å². The first-order valence-corrected chi connectivity index (χ1v) is 6.90. The van der Waals surface area contributed by atoms with Gasteiger partial charge >= 0.3 is 0 Å². The number of nitrogens with one attached hydrogen (secondary N) is 1. The molecule has 0 fully saturated rings. The second-order valence-electron chi connectivity index (χ2n) is 5.28. The standard InChI is InChI=1S/C17H17F2N/c1-20-17(15-9-7-12(18)10-16(15)19)14-8-6-11-4-2-3-5-13(11)14/h2-5,7,9-10,14,17,20H,6,8H2,1H3. The Morgan fingerprint density at radius 3 is 2.70 bits per heavy atom. The predicted octanol–water partition coefficient (Wildman–Crippen LogP) is 3.96. The number of halogens is 2. The molecule has 1 nitrogen and oxygen atoms in total. The number of rotatable bonds is 3. The van der Waals surface area contributed by atoms with Crippen LogP contribution in [0.1, 0.15) is 35.1 Å². The highest BCUT2D eigenvalue weighted by atomic mass is 19.1. The fourth-order valence-corrected chi connectivity index (χ4v) is 3.26. The zero-order valence-corrected chi connectivity index (χ0v) is 11.4. The van der Waals surface area contributed by atoms with Gasteiger partial charge in [0.25, 0.3) is 0 Å². The van der Waals surface area contributed by atoms with Gasteiger partial charge in [0.15, 0.2) is 0 Å². The molecule has 0 aliphatic heterocycles. The molecule has 0 amide bonds. The van der Waals surface area contributed by atoms with Crippen molar-refractivity contribution in [3.8, 4) is 0 Å². The van der Waals surface area contributed by atoms with Crippen LogP contribution in [0.25, 0.3) is 0 Å². The van der Waals surface area contributed by atoms with Gasteiger partial charge in [-0.2, -0.15) is 0 Å². The van der Waals surface area contributed by atoms with Crippen molar-refractivity contribution in [1.82, 2.24) is 5.32 Å². The van der Waals surface area contributed by atoms with Gasteiger partial charge in [0.05, 0.1) is 0 Å². The maximum Gasteiger partial charge on any atom is 0.130 e. The Kier molecular flexibility index (Phi) is 3.53. The molecule has 2 unspecified atom stereocenters. The van der Waals surface area contributed by atoms with Gasteiger partial charge in [-0.3, -0.25) is 0 Å². The highest BCUT2D eigenvalue weighted by Gasteiger charge is 2.31. The lowest BCUT2D eigenvalue weighted by molar-refractivity contribution is 0.451. The van der Waals surface area contributed by atoms with Crippen LogP contribution in [0, 0.1) is 11.6 Å². The van der Waals surface area contributed by atoms with Crippen LogP contribution in [0.2, 0.25) is 0 Å². The lowest BCUT2D eigenvalue weighted by atomic mass is 9.88. The van der Waals surface area contributed by atoms with Crippen molar-refractivity contribution in [1.29, 1.82) is 0 Å². The van der Waals surface area contributed by atoms with Gasteiger partial charge in [0.1, 0.15) is 11.6 Å². The Morgan fingerprint density at radius 1 is 1.15 bits per heavy atom. The van der Waals surface area contributed by atoms with Gasteiger partial charge in [-0.1, -0.05) is 30.3 Å². The number of aryl methyl sites for hydroxylation is 1. The summed E-state index contributed by atoms with van der Waals surface area (Å²) in [7, 11) is 1.83. The molecule has 0 radical (unpaired) electrons. The molecule has 3 rings (SSSR count). The number of likely N-dealkylation sites (N-methyl/N-ethyl adjacent to an activating group) is 1. The number of hydrogen-bond donors (Lipinski definition) is 1. The summed E-state index contributed by atoms with van der Waals surface area (Å²) >= 11 is 0. The maximum atomic E-state index is 14.0. The monoisotopic (exact) mass is 273 g/mol. The lowest BCUT2D eigenvalue weighted by Gasteiger charge is -2.25. The molecule has 0 saturated carbocycles. The molecule has 0 saturated heterocycles. The van der Waals surface area contributed by atoms with Crippen LogP contribution >= 0.6 is 0 Å². The van der Waals surface area contributed by atoms with E-state index in [1.807, 2.05) is 19.2 Å². The van der Waals surface area contributed by atoms with E-state index in [-0.39, 0.29) is 12.0 Å². The zero-order chi connectivity index (χ0) is 14.1. The maximum absolute atomic E-state index is 14.0. The first-order chi connectivity index (χ1) is 9.70. The first kappa shape index (κ1) is 13.3. The van der Waals surface area contributed by atoms with E-state index in [4.69, 9.17) is 0 Å². The highest BCUT2D eigenvalue weighted by molar-refractivity contribution is 5.38. The smallest absolute Gasteiger partial charge is 0.130 e. The number of hydrogen-bond acceptors (Lipinski definition) is 1. The third-order valence-electron chi connectivity index (χ3n) is 4.19. The summed E-state index contributed by atoms with van der Waals surface area (Å²) in [5, 5.41) is 3.20. The molecule has 0 spiro atoms. The molecule has 20 heavy (non-hydrogen) atoms. The lowest BCUT2D eigenvalue weighted by Crippen LogP contribution is -2.23. The van der Waals surface area contributed by atoms with Gasteiger partial charge in [-0.05, 0) is 37.1 Å². The third-order valence-corrected chi connectivity index (χ3v) is 4.19. The molecule has 1 N–H and O–H groups in total. The highest BCUT2D eigenvalue weighted by Crippen LogP contribution is 2.41. The zero-order valence-electron chi connectivity index (χ0n) is 11.4.